The van der Waals surface area contributed by atoms with Crippen molar-refractivity contribution < 1.29 is 0 Å². The molecule has 3 rings (SSSR count). The van der Waals surface area contributed by atoms with E-state index >= 15 is 0 Å². The van der Waals surface area contributed by atoms with E-state index in [4.69, 9.17) is 23.2 Å². The third kappa shape index (κ3) is 3.17. The molecule has 0 bridgehead atoms. The largest absolute Gasteiger partial charge is 0.310 e. The van der Waals surface area contributed by atoms with Gasteiger partial charge in [0.15, 0.2) is 0 Å². The van der Waals surface area contributed by atoms with Crippen molar-refractivity contribution in [3.63, 3.8) is 0 Å². The van der Waals surface area contributed by atoms with Crippen LogP contribution in [0.15, 0.2) is 36.4 Å². The van der Waals surface area contributed by atoms with E-state index < -0.39 is 0 Å². The van der Waals surface area contributed by atoms with Crippen molar-refractivity contribution in [2.24, 2.45) is 0 Å². The summed E-state index contributed by atoms with van der Waals surface area (Å²) in [4.78, 5) is 0. The van der Waals surface area contributed by atoms with Crippen molar-refractivity contribution in [1.29, 1.82) is 0 Å². The molecule has 20 heavy (non-hydrogen) atoms. The van der Waals surface area contributed by atoms with E-state index in [0.29, 0.717) is 10.0 Å². The first kappa shape index (κ1) is 13.9. The molecule has 1 N–H and O–H groups in total. The highest BCUT2D eigenvalue weighted by Gasteiger charge is 2.20. The molecule has 104 valence electrons. The standard InChI is InChI=1S/C17H17Cl2N/c1-11-2-3-12(10-20-14-5-6-14)8-16(11)15-7-4-13(18)9-17(15)19/h2-4,7-9,14,20H,5-6,10H2,1H3. The Morgan fingerprint density at radius 2 is 1.85 bits per heavy atom. The lowest BCUT2D eigenvalue weighted by molar-refractivity contribution is 0.688. The third-order valence-corrected chi connectivity index (χ3v) is 4.24. The number of benzene rings is 2. The van der Waals surface area contributed by atoms with Crippen LogP contribution >= 0.6 is 23.2 Å². The maximum atomic E-state index is 6.33. The van der Waals surface area contributed by atoms with Crippen LogP contribution in [0.5, 0.6) is 0 Å². The molecule has 0 saturated heterocycles. The zero-order chi connectivity index (χ0) is 14.1. The molecular weight excluding hydrogens is 289 g/mol. The molecule has 0 radical (unpaired) electrons. The minimum Gasteiger partial charge on any atom is -0.310 e. The molecule has 0 aromatic heterocycles. The van der Waals surface area contributed by atoms with Gasteiger partial charge in [-0.1, -0.05) is 41.4 Å². The Morgan fingerprint density at radius 1 is 1.05 bits per heavy atom. The minimum atomic E-state index is 0.669. The zero-order valence-electron chi connectivity index (χ0n) is 11.4. The third-order valence-electron chi connectivity index (χ3n) is 3.70. The van der Waals surface area contributed by atoms with Gasteiger partial charge in [0.2, 0.25) is 0 Å². The van der Waals surface area contributed by atoms with Crippen LogP contribution in [0.25, 0.3) is 11.1 Å². The first-order valence-electron chi connectivity index (χ1n) is 6.92. The molecular formula is C17H17Cl2N. The summed E-state index contributed by atoms with van der Waals surface area (Å²) in [6.45, 7) is 3.03. The predicted molar refractivity (Wildman–Crippen MR) is 86.5 cm³/mol. The van der Waals surface area contributed by atoms with Crippen LogP contribution in [0.3, 0.4) is 0 Å². The molecule has 0 heterocycles. The molecule has 0 unspecified atom stereocenters. The van der Waals surface area contributed by atoms with Crippen molar-refractivity contribution in [3.8, 4) is 11.1 Å². The summed E-state index contributed by atoms with van der Waals surface area (Å²) in [5, 5.41) is 4.91. The van der Waals surface area contributed by atoms with E-state index in [1.165, 1.54) is 29.5 Å². The van der Waals surface area contributed by atoms with E-state index in [1.807, 2.05) is 12.1 Å². The van der Waals surface area contributed by atoms with Gasteiger partial charge >= 0.3 is 0 Å². The van der Waals surface area contributed by atoms with Crippen LogP contribution < -0.4 is 5.32 Å². The van der Waals surface area contributed by atoms with Crippen LogP contribution in [0.1, 0.15) is 24.0 Å². The summed E-state index contributed by atoms with van der Waals surface area (Å²) >= 11 is 12.3. The molecule has 0 amide bonds. The van der Waals surface area contributed by atoms with Gasteiger partial charge in [-0.3, -0.25) is 0 Å². The monoisotopic (exact) mass is 305 g/mol. The Morgan fingerprint density at radius 3 is 2.55 bits per heavy atom. The molecule has 0 atom stereocenters. The molecule has 1 aliphatic rings. The Bertz CT molecular complexity index is 633. The lowest BCUT2D eigenvalue weighted by Crippen LogP contribution is -2.15. The first-order chi connectivity index (χ1) is 9.63. The van der Waals surface area contributed by atoms with E-state index in [1.54, 1.807) is 6.07 Å². The number of hydrogen-bond acceptors (Lipinski definition) is 1. The highest BCUT2D eigenvalue weighted by atomic mass is 35.5. The number of hydrogen-bond donors (Lipinski definition) is 1. The van der Waals surface area contributed by atoms with Gasteiger partial charge in [-0.15, -0.1) is 0 Å². The molecule has 1 nitrogen and oxygen atoms in total. The second-order valence-electron chi connectivity index (χ2n) is 5.43. The normalized spacial score (nSPS) is 14.6. The minimum absolute atomic E-state index is 0.669. The maximum Gasteiger partial charge on any atom is 0.0499 e. The Hall–Kier alpha value is -1.02. The van der Waals surface area contributed by atoms with Gasteiger partial charge in [0.25, 0.3) is 0 Å². The second-order valence-corrected chi connectivity index (χ2v) is 6.27. The smallest absolute Gasteiger partial charge is 0.0499 e. The molecule has 0 aliphatic heterocycles. The van der Waals surface area contributed by atoms with E-state index in [2.05, 4.69) is 30.4 Å². The maximum absolute atomic E-state index is 6.33. The number of halogens is 2. The topological polar surface area (TPSA) is 12.0 Å². The fourth-order valence-electron chi connectivity index (χ4n) is 2.33. The van der Waals surface area contributed by atoms with Gasteiger partial charge in [0.05, 0.1) is 0 Å². The summed E-state index contributed by atoms with van der Waals surface area (Å²) in [7, 11) is 0. The Labute approximate surface area is 129 Å². The lowest BCUT2D eigenvalue weighted by Gasteiger charge is -2.11. The Kier molecular flexibility index (Phi) is 4.02. The summed E-state index contributed by atoms with van der Waals surface area (Å²) in [6.07, 6.45) is 2.61. The SMILES string of the molecule is Cc1ccc(CNC2CC2)cc1-c1ccc(Cl)cc1Cl. The summed E-state index contributed by atoms with van der Waals surface area (Å²) < 4.78 is 0. The van der Waals surface area contributed by atoms with Crippen molar-refractivity contribution in [1.82, 2.24) is 5.32 Å². The molecule has 1 fully saturated rings. The molecule has 3 heteroatoms. The molecule has 0 spiro atoms. The first-order valence-corrected chi connectivity index (χ1v) is 7.67. The number of nitrogens with one attached hydrogen (secondary N) is 1. The fourth-order valence-corrected chi connectivity index (χ4v) is 2.84. The van der Waals surface area contributed by atoms with Crippen LogP contribution in [-0.4, -0.2) is 6.04 Å². The summed E-state index contributed by atoms with van der Waals surface area (Å²) in [6, 6.07) is 13.0. The van der Waals surface area contributed by atoms with Gasteiger partial charge in [-0.05, 0) is 54.7 Å². The molecule has 2 aromatic rings. The average molecular weight is 306 g/mol. The van der Waals surface area contributed by atoms with Crippen LogP contribution in [-0.2, 0) is 6.54 Å². The number of aryl methyl sites for hydroxylation is 1. The van der Waals surface area contributed by atoms with E-state index in [0.717, 1.165) is 18.2 Å². The van der Waals surface area contributed by atoms with E-state index in [9.17, 15) is 0 Å². The van der Waals surface area contributed by atoms with Crippen LogP contribution in [0.2, 0.25) is 10.0 Å². The molecule has 2 aromatic carbocycles. The Balaban J connectivity index is 1.92. The van der Waals surface area contributed by atoms with Crippen molar-refractivity contribution in [2.45, 2.75) is 32.4 Å². The predicted octanol–water partition coefficient (Wildman–Crippen LogP) is 5.22. The van der Waals surface area contributed by atoms with Gasteiger partial charge in [-0.25, -0.2) is 0 Å². The quantitative estimate of drug-likeness (QED) is 0.816. The molecule has 1 saturated carbocycles. The summed E-state index contributed by atoms with van der Waals surface area (Å²) in [5.74, 6) is 0. The zero-order valence-corrected chi connectivity index (χ0v) is 12.9. The van der Waals surface area contributed by atoms with Crippen molar-refractivity contribution in [2.75, 3.05) is 0 Å². The van der Waals surface area contributed by atoms with Crippen LogP contribution in [0, 0.1) is 6.92 Å². The van der Waals surface area contributed by atoms with Crippen molar-refractivity contribution in [3.05, 3.63) is 57.6 Å². The molecule has 1 aliphatic carbocycles. The second kappa shape index (κ2) is 5.77. The van der Waals surface area contributed by atoms with E-state index in [-0.39, 0.29) is 0 Å². The van der Waals surface area contributed by atoms with Crippen LogP contribution in [0.4, 0.5) is 0 Å². The summed E-state index contributed by atoms with van der Waals surface area (Å²) in [5.41, 5.74) is 4.75. The van der Waals surface area contributed by atoms with Gasteiger partial charge in [0.1, 0.15) is 0 Å². The number of rotatable bonds is 4. The van der Waals surface area contributed by atoms with Crippen molar-refractivity contribution >= 4 is 23.2 Å². The lowest BCUT2D eigenvalue weighted by atomic mass is 9.98. The van der Waals surface area contributed by atoms with Gasteiger partial charge in [-0.2, -0.15) is 0 Å². The van der Waals surface area contributed by atoms with Gasteiger partial charge in [0, 0.05) is 28.2 Å². The van der Waals surface area contributed by atoms with Gasteiger partial charge < -0.3 is 5.32 Å². The highest BCUT2D eigenvalue weighted by molar-refractivity contribution is 6.36. The average Bonchev–Trinajstić information content (AvgIpc) is 3.22. The highest BCUT2D eigenvalue weighted by Crippen LogP contribution is 2.33. The fraction of sp³-hybridized carbons (Fsp3) is 0.294.